The van der Waals surface area contributed by atoms with Crippen LogP contribution in [-0.4, -0.2) is 101 Å². The van der Waals surface area contributed by atoms with E-state index in [0.717, 1.165) is 42.7 Å². The molecule has 10 heteroatoms. The summed E-state index contributed by atoms with van der Waals surface area (Å²) in [7, 11) is 0. The van der Waals surface area contributed by atoms with Gasteiger partial charge in [0.25, 0.3) is 5.91 Å². The van der Waals surface area contributed by atoms with E-state index in [2.05, 4.69) is 45.0 Å². The maximum absolute atomic E-state index is 12.7. The van der Waals surface area contributed by atoms with Crippen molar-refractivity contribution in [1.29, 1.82) is 0 Å². The summed E-state index contributed by atoms with van der Waals surface area (Å²) in [6, 6.07) is 16.3. The molecule has 1 fully saturated rings. The highest BCUT2D eigenvalue weighted by Crippen LogP contribution is 2.30. The third kappa shape index (κ3) is 7.07. The number of carbonyl (C=O) groups excluding carboxylic acids is 2. The molecule has 1 saturated heterocycles. The zero-order valence-electron chi connectivity index (χ0n) is 23.1. The molecule has 2 aromatic carbocycles. The molecule has 1 aliphatic heterocycles. The molecule has 0 bridgehead atoms. The molecule has 41 heavy (non-hydrogen) atoms. The van der Waals surface area contributed by atoms with Gasteiger partial charge in [-0.2, -0.15) is 0 Å². The Morgan fingerprint density at radius 3 is 2.54 bits per heavy atom. The van der Waals surface area contributed by atoms with E-state index in [1.165, 1.54) is 10.9 Å². The van der Waals surface area contributed by atoms with Gasteiger partial charge in [0.05, 0.1) is 12.5 Å². The molecule has 3 aromatic rings. The van der Waals surface area contributed by atoms with Crippen LogP contribution in [0.3, 0.4) is 0 Å². The monoisotopic (exact) mass is 559 g/mol. The third-order valence-corrected chi connectivity index (χ3v) is 7.92. The Kier molecular flexibility index (Phi) is 9.54. The summed E-state index contributed by atoms with van der Waals surface area (Å²) in [5, 5.41) is 19.3. The number of hydrogen-bond donors (Lipinski definition) is 4. The summed E-state index contributed by atoms with van der Waals surface area (Å²) in [5.41, 5.74) is 6.11. The van der Waals surface area contributed by atoms with Crippen LogP contribution in [0.2, 0.25) is 0 Å². The van der Waals surface area contributed by atoms with Crippen LogP contribution in [0.25, 0.3) is 10.9 Å². The van der Waals surface area contributed by atoms with Gasteiger partial charge < -0.3 is 19.7 Å². The molecular weight excluding hydrogens is 522 g/mol. The van der Waals surface area contributed by atoms with Crippen LogP contribution in [0.5, 0.6) is 0 Å². The van der Waals surface area contributed by atoms with E-state index in [0.29, 0.717) is 32.7 Å². The number of aliphatic hydroxyl groups is 1. The lowest BCUT2D eigenvalue weighted by molar-refractivity contribution is -0.132. The molecule has 0 spiro atoms. The second-order valence-electron chi connectivity index (χ2n) is 10.5. The molecule has 2 atom stereocenters. The van der Waals surface area contributed by atoms with Gasteiger partial charge in [0.2, 0.25) is 0 Å². The normalized spacial score (nSPS) is 18.6. The summed E-state index contributed by atoms with van der Waals surface area (Å²) in [6.45, 7) is 5.76. The van der Waals surface area contributed by atoms with Crippen LogP contribution in [-0.2, 0) is 22.5 Å². The SMILES string of the molecule is O=C(NO)C1C#CC1c1ccc(CN(CCOC(=O)N2CCN(CCO)CC2)CCc2c[nH]c3ccccc23)cc1. The summed E-state index contributed by atoms with van der Waals surface area (Å²) in [6.07, 6.45) is 2.61. The average Bonchev–Trinajstić information content (AvgIpc) is 3.39. The van der Waals surface area contributed by atoms with Crippen molar-refractivity contribution >= 4 is 22.9 Å². The number of aromatic amines is 1. The number of nitrogens with zero attached hydrogens (tertiary/aromatic N) is 3. The molecule has 2 aliphatic rings. The first-order valence-corrected chi connectivity index (χ1v) is 14.1. The van der Waals surface area contributed by atoms with Gasteiger partial charge in [-0.3, -0.25) is 19.8 Å². The van der Waals surface area contributed by atoms with Crippen LogP contribution in [0.4, 0.5) is 4.79 Å². The van der Waals surface area contributed by atoms with Gasteiger partial charge in [-0.05, 0) is 29.2 Å². The van der Waals surface area contributed by atoms with Crippen molar-refractivity contribution in [1.82, 2.24) is 25.2 Å². The highest BCUT2D eigenvalue weighted by molar-refractivity contribution is 5.84. The van der Waals surface area contributed by atoms with Crippen molar-refractivity contribution in [2.24, 2.45) is 5.92 Å². The fourth-order valence-electron chi connectivity index (χ4n) is 5.44. The van der Waals surface area contributed by atoms with Crippen LogP contribution in [0.15, 0.2) is 54.7 Å². The number of hydroxylamine groups is 1. The first-order chi connectivity index (χ1) is 20.1. The number of β-amino-alcohol motifs (C(OH)–C–C–N with tert-alkyl or cyclic N) is 1. The van der Waals surface area contributed by atoms with Gasteiger partial charge in [0, 0.05) is 69.5 Å². The minimum absolute atomic E-state index is 0.123. The Bertz CT molecular complexity index is 1390. The molecule has 1 aliphatic carbocycles. The smallest absolute Gasteiger partial charge is 0.409 e. The maximum Gasteiger partial charge on any atom is 0.409 e. The molecule has 2 heterocycles. The number of carbonyl (C=O) groups is 2. The van der Waals surface area contributed by atoms with Crippen molar-refractivity contribution in [2.75, 3.05) is 59.0 Å². The molecule has 0 radical (unpaired) electrons. The lowest BCUT2D eigenvalue weighted by Gasteiger charge is -2.33. The number of H-pyrrole nitrogens is 1. The maximum atomic E-state index is 12.7. The molecule has 4 N–H and O–H groups in total. The standard InChI is InChI=1S/C31H37N5O5/c37-19-17-34-13-15-36(16-14-34)31(39)41-20-18-35(12-11-25-21-32-29-4-2-1-3-27(25)29)22-23-5-7-24(8-6-23)26-9-10-28(26)30(38)33-40/h1-8,21,26,28,32,37,40H,11-20,22H2,(H,33,38). The van der Waals surface area contributed by atoms with Gasteiger partial charge in [-0.15, -0.1) is 0 Å². The van der Waals surface area contributed by atoms with Gasteiger partial charge in [0.15, 0.2) is 0 Å². The number of amides is 2. The van der Waals surface area contributed by atoms with Crippen molar-refractivity contribution in [2.45, 2.75) is 18.9 Å². The average molecular weight is 560 g/mol. The number of aliphatic hydroxyl groups excluding tert-OH is 1. The van der Waals surface area contributed by atoms with Crippen LogP contribution >= 0.6 is 0 Å². The van der Waals surface area contributed by atoms with Crippen molar-refractivity contribution in [3.8, 4) is 11.8 Å². The predicted octanol–water partition coefficient (Wildman–Crippen LogP) is 2.18. The van der Waals surface area contributed by atoms with Gasteiger partial charge >= 0.3 is 6.09 Å². The highest BCUT2D eigenvalue weighted by atomic mass is 16.6. The fraction of sp³-hybridized carbons (Fsp3) is 0.419. The molecular formula is C31H37N5O5. The highest BCUT2D eigenvalue weighted by Gasteiger charge is 2.32. The van der Waals surface area contributed by atoms with E-state index in [1.54, 1.807) is 10.4 Å². The quantitative estimate of drug-likeness (QED) is 0.153. The van der Waals surface area contributed by atoms with E-state index < -0.39 is 11.8 Å². The van der Waals surface area contributed by atoms with E-state index >= 15 is 0 Å². The van der Waals surface area contributed by atoms with E-state index in [4.69, 9.17) is 15.1 Å². The molecule has 5 rings (SSSR count). The lowest BCUT2D eigenvalue weighted by Crippen LogP contribution is -2.49. The van der Waals surface area contributed by atoms with Gasteiger partial charge in [-0.25, -0.2) is 10.3 Å². The number of aromatic nitrogens is 1. The van der Waals surface area contributed by atoms with E-state index in [1.807, 2.05) is 36.4 Å². The second-order valence-corrected chi connectivity index (χ2v) is 10.5. The Hall–Kier alpha value is -3.88. The number of ether oxygens (including phenoxy) is 1. The lowest BCUT2D eigenvalue weighted by atomic mass is 9.79. The number of benzene rings is 2. The summed E-state index contributed by atoms with van der Waals surface area (Å²) in [5.74, 6) is 4.58. The number of piperazine rings is 1. The first-order valence-electron chi connectivity index (χ1n) is 14.1. The molecule has 1 aromatic heterocycles. The fourth-order valence-corrected chi connectivity index (χ4v) is 5.44. The van der Waals surface area contributed by atoms with Crippen molar-refractivity contribution in [3.05, 3.63) is 71.4 Å². The van der Waals surface area contributed by atoms with Crippen LogP contribution in [0.1, 0.15) is 22.6 Å². The van der Waals surface area contributed by atoms with Gasteiger partial charge in [-0.1, -0.05) is 54.3 Å². The molecule has 216 valence electrons. The third-order valence-electron chi connectivity index (χ3n) is 7.92. The van der Waals surface area contributed by atoms with Gasteiger partial charge in [0.1, 0.15) is 12.5 Å². The number of rotatable bonds is 12. The Morgan fingerprint density at radius 1 is 1.05 bits per heavy atom. The molecule has 0 saturated carbocycles. The number of hydrogen-bond acceptors (Lipinski definition) is 7. The molecule has 2 amide bonds. The summed E-state index contributed by atoms with van der Waals surface area (Å²) < 4.78 is 5.67. The second kappa shape index (κ2) is 13.7. The number of fused-ring (bicyclic) bond motifs is 1. The van der Waals surface area contributed by atoms with Crippen LogP contribution < -0.4 is 5.48 Å². The predicted molar refractivity (Wildman–Crippen MR) is 154 cm³/mol. The Morgan fingerprint density at radius 2 is 1.83 bits per heavy atom. The minimum Gasteiger partial charge on any atom is -0.448 e. The summed E-state index contributed by atoms with van der Waals surface area (Å²) in [4.78, 5) is 34.0. The Labute approximate surface area is 239 Å². The van der Waals surface area contributed by atoms with Crippen LogP contribution in [0, 0.1) is 17.8 Å². The molecule has 2 unspecified atom stereocenters. The Balaban J connectivity index is 1.19. The van der Waals surface area contributed by atoms with Crippen molar-refractivity contribution < 1.29 is 24.6 Å². The molecule has 10 nitrogen and oxygen atoms in total. The first kappa shape index (κ1) is 28.6. The topological polar surface area (TPSA) is 121 Å². The number of para-hydroxylation sites is 1. The number of nitrogens with one attached hydrogen (secondary N) is 2. The minimum atomic E-state index is -0.536. The van der Waals surface area contributed by atoms with E-state index in [-0.39, 0.29) is 25.2 Å². The zero-order valence-corrected chi connectivity index (χ0v) is 23.1. The zero-order chi connectivity index (χ0) is 28.6. The van der Waals surface area contributed by atoms with E-state index in [9.17, 15) is 9.59 Å². The largest absolute Gasteiger partial charge is 0.448 e. The summed E-state index contributed by atoms with van der Waals surface area (Å²) >= 11 is 0. The van der Waals surface area contributed by atoms with Crippen molar-refractivity contribution in [3.63, 3.8) is 0 Å².